The fourth-order valence-electron chi connectivity index (χ4n) is 7.92. The Morgan fingerprint density at radius 2 is 1.83 bits per heavy atom. The summed E-state index contributed by atoms with van der Waals surface area (Å²) in [5.74, 6) is 0.492. The maximum Gasteiger partial charge on any atom is 0.307 e. The van der Waals surface area contributed by atoms with Gasteiger partial charge in [-0.05, 0) is 79.7 Å². The molecule has 2 aromatic carbocycles. The van der Waals surface area contributed by atoms with Gasteiger partial charge in [-0.25, -0.2) is 4.98 Å². The summed E-state index contributed by atoms with van der Waals surface area (Å²) < 4.78 is 6.45. The molecule has 4 aliphatic rings. The summed E-state index contributed by atoms with van der Waals surface area (Å²) in [6, 6.07) is 14.0. The van der Waals surface area contributed by atoms with Crippen LogP contribution in [0.25, 0.3) is 11.3 Å². The van der Waals surface area contributed by atoms with Crippen LogP contribution < -0.4 is 9.64 Å². The van der Waals surface area contributed by atoms with E-state index in [0.717, 1.165) is 67.1 Å². The summed E-state index contributed by atoms with van der Waals surface area (Å²) >= 11 is 1.66. The molecular weight excluding hydrogens is 530 g/mol. The summed E-state index contributed by atoms with van der Waals surface area (Å²) in [6.45, 7) is 6.48. The fourth-order valence-corrected chi connectivity index (χ4v) is 8.77. The molecule has 3 fully saturated rings. The highest BCUT2D eigenvalue weighted by Gasteiger charge is 2.46. The van der Waals surface area contributed by atoms with Crippen LogP contribution in [0.4, 0.5) is 5.13 Å². The Morgan fingerprint density at radius 1 is 1.02 bits per heavy atom. The van der Waals surface area contributed by atoms with Crippen LogP contribution in [0.1, 0.15) is 67.2 Å². The lowest BCUT2D eigenvalue weighted by molar-refractivity contribution is -0.144. The van der Waals surface area contributed by atoms with Gasteiger partial charge in [-0.2, -0.15) is 0 Å². The number of hydrogen-bond acceptors (Lipinski definition) is 6. The lowest BCUT2D eigenvalue weighted by Gasteiger charge is -2.37. The molecule has 3 aromatic rings. The number of aliphatic carboxylic acids is 1. The van der Waals surface area contributed by atoms with Gasteiger partial charge in [0, 0.05) is 43.2 Å². The first kappa shape index (κ1) is 27.0. The molecule has 2 aliphatic heterocycles. The van der Waals surface area contributed by atoms with E-state index in [2.05, 4.69) is 58.5 Å². The van der Waals surface area contributed by atoms with Crippen LogP contribution >= 0.6 is 11.3 Å². The van der Waals surface area contributed by atoms with Gasteiger partial charge in [0.05, 0.1) is 11.6 Å². The minimum Gasteiger partial charge on any atom is -0.488 e. The molecular formula is C34H41N3O3S. The summed E-state index contributed by atoms with van der Waals surface area (Å²) in [4.78, 5) is 21.9. The number of aryl methyl sites for hydroxylation is 1. The van der Waals surface area contributed by atoms with Crippen molar-refractivity contribution in [2.75, 3.05) is 24.5 Å². The number of aromatic nitrogens is 1. The average molecular weight is 572 g/mol. The van der Waals surface area contributed by atoms with E-state index >= 15 is 0 Å². The van der Waals surface area contributed by atoms with Crippen LogP contribution in [-0.4, -0.2) is 46.6 Å². The predicted octanol–water partition coefficient (Wildman–Crippen LogP) is 6.94. The molecule has 41 heavy (non-hydrogen) atoms. The number of carboxylic acid groups (broad SMARTS) is 1. The van der Waals surface area contributed by atoms with Crippen LogP contribution in [0.2, 0.25) is 0 Å². The molecule has 0 unspecified atom stereocenters. The van der Waals surface area contributed by atoms with E-state index in [1.54, 1.807) is 11.3 Å². The highest BCUT2D eigenvalue weighted by Crippen LogP contribution is 2.44. The second-order valence-corrected chi connectivity index (χ2v) is 13.6. The quantitative estimate of drug-likeness (QED) is 0.332. The monoisotopic (exact) mass is 571 g/mol. The number of rotatable bonds is 7. The Labute approximate surface area is 247 Å². The Morgan fingerprint density at radius 3 is 2.61 bits per heavy atom. The van der Waals surface area contributed by atoms with Crippen LogP contribution in [0.3, 0.4) is 0 Å². The number of carboxylic acids is 1. The van der Waals surface area contributed by atoms with E-state index in [1.165, 1.54) is 60.9 Å². The highest BCUT2D eigenvalue weighted by molar-refractivity contribution is 7.14. The van der Waals surface area contributed by atoms with Gasteiger partial charge in [-0.1, -0.05) is 49.1 Å². The van der Waals surface area contributed by atoms with Gasteiger partial charge < -0.3 is 14.7 Å². The Kier molecular flexibility index (Phi) is 7.50. The van der Waals surface area contributed by atoms with Crippen LogP contribution in [0.5, 0.6) is 5.75 Å². The van der Waals surface area contributed by atoms with Crippen molar-refractivity contribution >= 4 is 22.4 Å². The molecule has 2 aliphatic carbocycles. The van der Waals surface area contributed by atoms with E-state index < -0.39 is 5.97 Å². The molecule has 0 radical (unpaired) electrons. The third-order valence-electron chi connectivity index (χ3n) is 10.1. The summed E-state index contributed by atoms with van der Waals surface area (Å²) in [5, 5.41) is 12.8. The first-order valence-electron chi connectivity index (χ1n) is 15.5. The van der Waals surface area contributed by atoms with E-state index in [0.29, 0.717) is 6.61 Å². The molecule has 1 saturated heterocycles. The molecule has 2 bridgehead atoms. The zero-order valence-electron chi connectivity index (χ0n) is 24.1. The number of benzene rings is 2. The smallest absolute Gasteiger partial charge is 0.307 e. The molecule has 3 atom stereocenters. The number of fused-ring (bicyclic) bond motifs is 3. The predicted molar refractivity (Wildman–Crippen MR) is 164 cm³/mol. The van der Waals surface area contributed by atoms with Crippen LogP contribution in [-0.2, 0) is 24.4 Å². The maximum absolute atomic E-state index is 11.8. The number of piperidine rings is 1. The number of carbonyl (C=O) groups is 1. The SMILES string of the molecule is Cc1ccc(OCc2ccc3c(c2)CCN(C2CCCCC2)C3)c(-c2csc(N3C[C@H]4CC[C@@H](C3)[C@H]4C(=O)O)n2)c1. The normalized spacial score (nSPS) is 24.8. The van der Waals surface area contributed by atoms with Crippen molar-refractivity contribution in [2.45, 2.75) is 77.5 Å². The zero-order chi connectivity index (χ0) is 27.9. The lowest BCUT2D eigenvalue weighted by atomic mass is 9.85. The average Bonchev–Trinajstić information content (AvgIpc) is 3.59. The van der Waals surface area contributed by atoms with Gasteiger partial charge in [0.15, 0.2) is 5.13 Å². The van der Waals surface area contributed by atoms with Gasteiger partial charge in [0.1, 0.15) is 12.4 Å². The molecule has 7 heteroatoms. The molecule has 1 N–H and O–H groups in total. The lowest BCUT2D eigenvalue weighted by Crippen LogP contribution is -2.44. The zero-order valence-corrected chi connectivity index (χ0v) is 24.9. The maximum atomic E-state index is 11.8. The molecule has 6 nitrogen and oxygen atoms in total. The molecule has 7 rings (SSSR count). The largest absolute Gasteiger partial charge is 0.488 e. The molecule has 2 saturated carbocycles. The second kappa shape index (κ2) is 11.4. The van der Waals surface area contributed by atoms with Crippen molar-refractivity contribution in [3.63, 3.8) is 0 Å². The molecule has 1 aromatic heterocycles. The molecule has 216 valence electrons. The number of nitrogens with zero attached hydrogens (tertiary/aromatic N) is 3. The van der Waals surface area contributed by atoms with E-state index in [-0.39, 0.29) is 17.8 Å². The van der Waals surface area contributed by atoms with Gasteiger partial charge in [-0.15, -0.1) is 11.3 Å². The first-order chi connectivity index (χ1) is 20.0. The minimum atomic E-state index is -0.626. The van der Waals surface area contributed by atoms with Gasteiger partial charge >= 0.3 is 5.97 Å². The standard InChI is InChI=1S/C34H41N3O3S/c1-22-7-12-31(40-20-23-8-9-25-17-36(14-13-24(25)16-23)28-5-3-2-4-6-28)29(15-22)30-21-41-34(35-30)37-18-26-10-11-27(19-37)32(26)33(38)39/h7-9,12,15-16,21,26-28,32H,2-6,10-11,13-14,17-20H2,1H3,(H,38,39)/t26-,27+,32+. The van der Waals surface area contributed by atoms with Gasteiger partial charge in [0.2, 0.25) is 0 Å². The van der Waals surface area contributed by atoms with E-state index in [9.17, 15) is 9.90 Å². The van der Waals surface area contributed by atoms with Gasteiger partial charge in [0.25, 0.3) is 0 Å². The Bertz CT molecular complexity index is 1400. The molecule has 3 heterocycles. The fraction of sp³-hybridized carbons (Fsp3) is 0.529. The number of ether oxygens (including phenoxy) is 1. The Balaban J connectivity index is 1.04. The van der Waals surface area contributed by atoms with Crippen molar-refractivity contribution in [3.8, 4) is 17.0 Å². The Hall–Kier alpha value is -2.90. The van der Waals surface area contributed by atoms with Crippen LogP contribution in [0.15, 0.2) is 41.8 Å². The summed E-state index contributed by atoms with van der Waals surface area (Å²) in [7, 11) is 0. The minimum absolute atomic E-state index is 0.193. The third kappa shape index (κ3) is 5.51. The third-order valence-corrected chi connectivity index (χ3v) is 11.0. The molecule has 0 amide bonds. The van der Waals surface area contributed by atoms with Crippen molar-refractivity contribution in [3.05, 3.63) is 64.0 Å². The summed E-state index contributed by atoms with van der Waals surface area (Å²) in [6.07, 6.45) is 10.1. The van der Waals surface area contributed by atoms with Crippen molar-refractivity contribution in [1.29, 1.82) is 0 Å². The number of anilines is 1. The summed E-state index contributed by atoms with van der Waals surface area (Å²) in [5.41, 5.74) is 7.32. The van der Waals surface area contributed by atoms with E-state index in [1.807, 2.05) is 0 Å². The molecule has 0 spiro atoms. The van der Waals surface area contributed by atoms with E-state index in [4.69, 9.17) is 9.72 Å². The number of hydrogen-bond donors (Lipinski definition) is 1. The van der Waals surface area contributed by atoms with Gasteiger partial charge in [-0.3, -0.25) is 9.69 Å². The second-order valence-electron chi connectivity index (χ2n) is 12.8. The first-order valence-corrected chi connectivity index (χ1v) is 16.4. The number of thiazole rings is 1. The van der Waals surface area contributed by atoms with Crippen molar-refractivity contribution in [1.82, 2.24) is 9.88 Å². The van der Waals surface area contributed by atoms with Crippen molar-refractivity contribution < 1.29 is 14.6 Å². The van der Waals surface area contributed by atoms with Crippen LogP contribution in [0, 0.1) is 24.7 Å². The highest BCUT2D eigenvalue weighted by atomic mass is 32.1. The van der Waals surface area contributed by atoms with Crippen molar-refractivity contribution in [2.24, 2.45) is 17.8 Å². The topological polar surface area (TPSA) is 65.9 Å².